The van der Waals surface area contributed by atoms with Crippen molar-refractivity contribution in [2.45, 2.75) is 32.7 Å². The minimum absolute atomic E-state index is 0. The van der Waals surface area contributed by atoms with E-state index in [1.807, 2.05) is 30.3 Å². The van der Waals surface area contributed by atoms with Gasteiger partial charge in [0, 0.05) is 19.6 Å². The van der Waals surface area contributed by atoms with Crippen molar-refractivity contribution in [2.75, 3.05) is 40.3 Å². The van der Waals surface area contributed by atoms with Crippen LogP contribution in [0.3, 0.4) is 0 Å². The van der Waals surface area contributed by atoms with Gasteiger partial charge in [-0.25, -0.2) is 0 Å². The van der Waals surface area contributed by atoms with E-state index in [1.54, 1.807) is 7.05 Å². The zero-order valence-corrected chi connectivity index (χ0v) is 17.7. The maximum Gasteiger partial charge on any atom is 0.191 e. The van der Waals surface area contributed by atoms with Gasteiger partial charge in [-0.05, 0) is 52.4 Å². The molecule has 1 aromatic carbocycles. The fraction of sp³-hybridized carbons (Fsp3) is 0.611. The summed E-state index contributed by atoms with van der Waals surface area (Å²) >= 11 is 0. The van der Waals surface area contributed by atoms with E-state index < -0.39 is 0 Å². The third kappa shape index (κ3) is 10.7. The molecule has 0 heterocycles. The van der Waals surface area contributed by atoms with Crippen LogP contribution in [0.1, 0.15) is 26.7 Å². The van der Waals surface area contributed by atoms with E-state index in [0.29, 0.717) is 12.6 Å². The van der Waals surface area contributed by atoms with Crippen molar-refractivity contribution in [3.05, 3.63) is 30.3 Å². The molecule has 1 aromatic rings. The molecule has 24 heavy (non-hydrogen) atoms. The molecule has 0 unspecified atom stereocenters. The van der Waals surface area contributed by atoms with Gasteiger partial charge in [0.1, 0.15) is 12.4 Å². The Balaban J connectivity index is 0.00000529. The molecule has 5 nitrogen and oxygen atoms in total. The summed E-state index contributed by atoms with van der Waals surface area (Å²) in [5.74, 6) is 1.73. The number of nitrogens with zero attached hydrogens (tertiary/aromatic N) is 2. The minimum atomic E-state index is 0. The summed E-state index contributed by atoms with van der Waals surface area (Å²) in [5, 5.41) is 6.60. The van der Waals surface area contributed by atoms with Crippen LogP contribution in [0.25, 0.3) is 0 Å². The molecule has 6 heteroatoms. The number of guanidine groups is 1. The summed E-state index contributed by atoms with van der Waals surface area (Å²) < 4.78 is 5.64. The summed E-state index contributed by atoms with van der Waals surface area (Å²) in [6.07, 6.45) is 2.33. The fourth-order valence-corrected chi connectivity index (χ4v) is 2.03. The third-order valence-electron chi connectivity index (χ3n) is 3.74. The van der Waals surface area contributed by atoms with Crippen LogP contribution in [0, 0.1) is 0 Å². The molecule has 0 bridgehead atoms. The van der Waals surface area contributed by atoms with Gasteiger partial charge in [0.25, 0.3) is 0 Å². The number of rotatable bonds is 10. The molecule has 0 amide bonds. The number of halogens is 1. The smallest absolute Gasteiger partial charge is 0.191 e. The molecule has 0 spiro atoms. The van der Waals surface area contributed by atoms with Gasteiger partial charge in [-0.2, -0.15) is 0 Å². The summed E-state index contributed by atoms with van der Waals surface area (Å²) in [5.41, 5.74) is 0. The van der Waals surface area contributed by atoms with Crippen LogP contribution in [-0.4, -0.2) is 57.2 Å². The number of aliphatic imine (C=N–C) groups is 1. The Morgan fingerprint density at radius 3 is 2.42 bits per heavy atom. The molecule has 0 aliphatic heterocycles. The monoisotopic (exact) mass is 448 g/mol. The van der Waals surface area contributed by atoms with Gasteiger partial charge in [-0.1, -0.05) is 18.2 Å². The van der Waals surface area contributed by atoms with Crippen molar-refractivity contribution in [1.82, 2.24) is 15.5 Å². The van der Waals surface area contributed by atoms with E-state index in [2.05, 4.69) is 41.4 Å². The highest BCUT2D eigenvalue weighted by molar-refractivity contribution is 14.0. The van der Waals surface area contributed by atoms with Crippen LogP contribution in [-0.2, 0) is 0 Å². The van der Waals surface area contributed by atoms with Crippen LogP contribution >= 0.6 is 24.0 Å². The fourth-order valence-electron chi connectivity index (χ4n) is 2.03. The molecule has 1 rings (SSSR count). The Hall–Kier alpha value is -1.02. The number of hydrogen-bond acceptors (Lipinski definition) is 3. The summed E-state index contributed by atoms with van der Waals surface area (Å²) in [6, 6.07) is 10.5. The number of para-hydroxylation sites is 1. The second kappa shape index (κ2) is 14.3. The molecule has 0 atom stereocenters. The largest absolute Gasteiger partial charge is 0.492 e. The van der Waals surface area contributed by atoms with Crippen molar-refractivity contribution in [2.24, 2.45) is 4.99 Å². The van der Waals surface area contributed by atoms with Crippen LogP contribution in [0.15, 0.2) is 35.3 Å². The standard InChI is InChI=1S/C18H32N4O.HI/c1-16(2)22(4)14-9-8-12-20-18(19-3)21-13-15-23-17-10-6-5-7-11-17;/h5-7,10-11,16H,8-9,12-15H2,1-4H3,(H2,19,20,21);1H. The second-order valence-corrected chi connectivity index (χ2v) is 5.87. The maximum atomic E-state index is 5.64. The van der Waals surface area contributed by atoms with Gasteiger partial charge in [0.2, 0.25) is 0 Å². The van der Waals surface area contributed by atoms with Gasteiger partial charge >= 0.3 is 0 Å². The lowest BCUT2D eigenvalue weighted by molar-refractivity contribution is 0.268. The Morgan fingerprint density at radius 2 is 1.79 bits per heavy atom. The molecule has 0 aromatic heterocycles. The maximum absolute atomic E-state index is 5.64. The highest BCUT2D eigenvalue weighted by atomic mass is 127. The van der Waals surface area contributed by atoms with E-state index in [1.165, 1.54) is 6.42 Å². The molecule has 0 radical (unpaired) electrons. The first-order valence-corrected chi connectivity index (χ1v) is 8.46. The summed E-state index contributed by atoms with van der Waals surface area (Å²) in [6.45, 7) is 7.86. The molecule has 0 saturated heterocycles. The number of unbranched alkanes of at least 4 members (excludes halogenated alkanes) is 1. The number of benzene rings is 1. The van der Waals surface area contributed by atoms with Gasteiger partial charge < -0.3 is 20.3 Å². The van der Waals surface area contributed by atoms with Crippen molar-refractivity contribution in [3.8, 4) is 5.75 Å². The lowest BCUT2D eigenvalue weighted by atomic mass is 10.2. The molecule has 2 N–H and O–H groups in total. The van der Waals surface area contributed by atoms with Crippen LogP contribution in [0.4, 0.5) is 0 Å². The van der Waals surface area contributed by atoms with Gasteiger partial charge in [-0.3, -0.25) is 4.99 Å². The molecule has 0 aliphatic carbocycles. The predicted octanol–water partition coefficient (Wildman–Crippen LogP) is 2.97. The Labute approximate surface area is 164 Å². The second-order valence-electron chi connectivity index (χ2n) is 5.87. The quantitative estimate of drug-likeness (QED) is 0.250. The molecule has 138 valence electrons. The lowest BCUT2D eigenvalue weighted by Crippen LogP contribution is -2.39. The molecule has 0 saturated carbocycles. The Bertz CT molecular complexity index is 440. The average Bonchev–Trinajstić information content (AvgIpc) is 2.57. The van der Waals surface area contributed by atoms with Crippen molar-refractivity contribution in [1.29, 1.82) is 0 Å². The zero-order chi connectivity index (χ0) is 16.9. The van der Waals surface area contributed by atoms with Crippen LogP contribution < -0.4 is 15.4 Å². The minimum Gasteiger partial charge on any atom is -0.492 e. The SMILES string of the molecule is CN=C(NCCCCN(C)C(C)C)NCCOc1ccccc1.I. The van der Waals surface area contributed by atoms with E-state index >= 15 is 0 Å². The summed E-state index contributed by atoms with van der Waals surface area (Å²) in [4.78, 5) is 6.59. The molecular formula is C18H33IN4O. The Morgan fingerprint density at radius 1 is 1.12 bits per heavy atom. The highest BCUT2D eigenvalue weighted by Crippen LogP contribution is 2.07. The average molecular weight is 448 g/mol. The van der Waals surface area contributed by atoms with Gasteiger partial charge in [-0.15, -0.1) is 24.0 Å². The molecule has 0 fully saturated rings. The number of ether oxygens (including phenoxy) is 1. The van der Waals surface area contributed by atoms with E-state index in [-0.39, 0.29) is 24.0 Å². The first kappa shape index (κ1) is 23.0. The third-order valence-corrected chi connectivity index (χ3v) is 3.74. The van der Waals surface area contributed by atoms with Crippen molar-refractivity contribution < 1.29 is 4.74 Å². The lowest BCUT2D eigenvalue weighted by Gasteiger charge is -2.20. The van der Waals surface area contributed by atoms with E-state index in [9.17, 15) is 0 Å². The van der Waals surface area contributed by atoms with Crippen LogP contribution in [0.2, 0.25) is 0 Å². The van der Waals surface area contributed by atoms with E-state index in [4.69, 9.17) is 4.74 Å². The van der Waals surface area contributed by atoms with Crippen molar-refractivity contribution >= 4 is 29.9 Å². The number of nitrogens with one attached hydrogen (secondary N) is 2. The van der Waals surface area contributed by atoms with Gasteiger partial charge in [0.05, 0.1) is 6.54 Å². The van der Waals surface area contributed by atoms with E-state index in [0.717, 1.165) is 37.8 Å². The first-order valence-electron chi connectivity index (χ1n) is 8.46. The highest BCUT2D eigenvalue weighted by Gasteiger charge is 2.02. The first-order chi connectivity index (χ1) is 11.1. The van der Waals surface area contributed by atoms with Gasteiger partial charge in [0.15, 0.2) is 5.96 Å². The number of hydrogen-bond donors (Lipinski definition) is 2. The predicted molar refractivity (Wildman–Crippen MR) is 114 cm³/mol. The summed E-state index contributed by atoms with van der Waals surface area (Å²) in [7, 11) is 3.96. The Kier molecular flexibility index (Phi) is 13.7. The normalized spacial score (nSPS) is 11.3. The molecular weight excluding hydrogens is 415 g/mol. The van der Waals surface area contributed by atoms with Crippen LogP contribution in [0.5, 0.6) is 5.75 Å². The van der Waals surface area contributed by atoms with Crippen molar-refractivity contribution in [3.63, 3.8) is 0 Å². The zero-order valence-electron chi connectivity index (χ0n) is 15.4. The topological polar surface area (TPSA) is 48.9 Å². The molecule has 0 aliphatic rings.